The number of nitrogens with zero attached hydrogens (tertiary/aromatic N) is 2. The van der Waals surface area contributed by atoms with Crippen LogP contribution >= 0.6 is 0 Å². The van der Waals surface area contributed by atoms with Crippen molar-refractivity contribution in [3.05, 3.63) is 47.9 Å². The van der Waals surface area contributed by atoms with Crippen molar-refractivity contribution >= 4 is 22.8 Å². The maximum atomic E-state index is 12.4. The van der Waals surface area contributed by atoms with Crippen LogP contribution in [0.25, 0.3) is 11.0 Å². The summed E-state index contributed by atoms with van der Waals surface area (Å²) in [5, 5.41) is 2.75. The number of carbonyl (C=O) groups is 1. The fraction of sp³-hybridized carbons (Fsp3) is 0.211. The zero-order valence-corrected chi connectivity index (χ0v) is 15.2. The Labute approximate surface area is 163 Å². The van der Waals surface area contributed by atoms with Gasteiger partial charge in [0.1, 0.15) is 0 Å². The van der Waals surface area contributed by atoms with E-state index in [1.807, 2.05) is 18.2 Å². The molecule has 2 heterocycles. The number of halogens is 3. The van der Waals surface area contributed by atoms with E-state index in [1.165, 1.54) is 6.20 Å². The number of anilines is 1. The van der Waals surface area contributed by atoms with Crippen LogP contribution in [0, 0.1) is 11.8 Å². The largest absolute Gasteiger partial charge is 0.573 e. The first-order valence-electron chi connectivity index (χ1n) is 8.47. The van der Waals surface area contributed by atoms with Crippen LogP contribution in [0.1, 0.15) is 29.5 Å². The molecule has 0 radical (unpaired) electrons. The second kappa shape index (κ2) is 8.10. The Morgan fingerprint density at radius 1 is 1.38 bits per heavy atom. The first-order valence-corrected chi connectivity index (χ1v) is 8.47. The van der Waals surface area contributed by atoms with E-state index >= 15 is 0 Å². The highest BCUT2D eigenvalue weighted by molar-refractivity contribution is 5.94. The van der Waals surface area contributed by atoms with Crippen LogP contribution in [0.4, 0.5) is 19.0 Å². The summed E-state index contributed by atoms with van der Waals surface area (Å²) in [7, 11) is 0. The minimum Gasteiger partial charge on any atom is -0.402 e. The molecule has 29 heavy (non-hydrogen) atoms. The van der Waals surface area contributed by atoms with Crippen molar-refractivity contribution in [2.45, 2.75) is 25.7 Å². The van der Waals surface area contributed by atoms with Crippen molar-refractivity contribution < 1.29 is 22.7 Å². The highest BCUT2D eigenvalue weighted by atomic mass is 19.4. The van der Waals surface area contributed by atoms with Crippen LogP contribution in [0.3, 0.4) is 0 Å². The molecule has 0 fully saturated rings. The first kappa shape index (κ1) is 20.0. The number of benzene rings is 1. The van der Waals surface area contributed by atoms with Gasteiger partial charge in [0.15, 0.2) is 17.4 Å². The summed E-state index contributed by atoms with van der Waals surface area (Å²) in [5.74, 6) is 4.25. The summed E-state index contributed by atoms with van der Waals surface area (Å²) in [5.41, 5.74) is 7.00. The lowest BCUT2D eigenvalue weighted by molar-refractivity contribution is -0.274. The van der Waals surface area contributed by atoms with Crippen LogP contribution in [0.5, 0.6) is 5.75 Å². The number of nitrogens with two attached hydrogens (primary N) is 1. The number of aromatic nitrogens is 3. The summed E-state index contributed by atoms with van der Waals surface area (Å²) in [6, 6.07) is 7.98. The lowest BCUT2D eigenvalue weighted by Gasteiger charge is -2.10. The molecule has 0 spiro atoms. The number of imidazole rings is 1. The van der Waals surface area contributed by atoms with Gasteiger partial charge in [-0.2, -0.15) is 0 Å². The maximum Gasteiger partial charge on any atom is 0.573 e. The van der Waals surface area contributed by atoms with E-state index in [2.05, 4.69) is 36.8 Å². The van der Waals surface area contributed by atoms with Crippen molar-refractivity contribution in [2.75, 3.05) is 5.73 Å². The average Bonchev–Trinajstić information content (AvgIpc) is 3.07. The van der Waals surface area contributed by atoms with Crippen LogP contribution in [-0.2, 0) is 0 Å². The number of nitrogens with one attached hydrogen (secondary N) is 2. The molecule has 1 amide bonds. The lowest BCUT2D eigenvalue weighted by atomic mass is 10.2. The number of hydrogen-bond acceptors (Lipinski definition) is 5. The Bertz CT molecular complexity index is 1070. The molecular weight excluding hydrogens is 387 g/mol. The molecule has 1 atom stereocenters. The SMILES string of the molecule is C[C@@H](CC#Cc1cnc(N)c(OC(F)(F)F)c1)NC(=O)c1nc2ccccc2[nH]1. The Morgan fingerprint density at radius 2 is 2.14 bits per heavy atom. The summed E-state index contributed by atoms with van der Waals surface area (Å²) >= 11 is 0. The van der Waals surface area contributed by atoms with Gasteiger partial charge in [0, 0.05) is 30.3 Å². The third-order valence-electron chi connectivity index (χ3n) is 3.73. The molecule has 4 N–H and O–H groups in total. The molecule has 3 rings (SSSR count). The van der Waals surface area contributed by atoms with Crippen molar-refractivity contribution in [2.24, 2.45) is 0 Å². The molecule has 0 saturated carbocycles. The molecule has 10 heteroatoms. The summed E-state index contributed by atoms with van der Waals surface area (Å²) in [6.45, 7) is 1.74. The minimum absolute atomic E-state index is 0.183. The molecule has 150 valence electrons. The third kappa shape index (κ3) is 5.38. The fourth-order valence-electron chi connectivity index (χ4n) is 2.44. The van der Waals surface area contributed by atoms with E-state index in [4.69, 9.17) is 5.73 Å². The predicted molar refractivity (Wildman–Crippen MR) is 99.8 cm³/mol. The smallest absolute Gasteiger partial charge is 0.402 e. The van der Waals surface area contributed by atoms with E-state index in [-0.39, 0.29) is 35.6 Å². The number of rotatable bonds is 4. The number of para-hydroxylation sites is 2. The quantitative estimate of drug-likeness (QED) is 0.581. The number of alkyl halides is 3. The van der Waals surface area contributed by atoms with Crippen LogP contribution in [0.15, 0.2) is 36.5 Å². The Hall–Kier alpha value is -3.74. The first-order chi connectivity index (χ1) is 13.7. The highest BCUT2D eigenvalue weighted by Gasteiger charge is 2.32. The number of fused-ring (bicyclic) bond motifs is 1. The topological polar surface area (TPSA) is 106 Å². The number of nitrogen functional groups attached to an aromatic ring is 1. The van der Waals surface area contributed by atoms with Gasteiger partial charge in [-0.1, -0.05) is 24.0 Å². The Balaban J connectivity index is 1.61. The molecule has 0 aliphatic carbocycles. The van der Waals surface area contributed by atoms with Crippen molar-refractivity contribution in [1.82, 2.24) is 20.3 Å². The average molecular weight is 403 g/mol. The van der Waals surface area contributed by atoms with Gasteiger partial charge in [-0.3, -0.25) is 4.79 Å². The summed E-state index contributed by atoms with van der Waals surface area (Å²) in [6.07, 6.45) is -3.38. The van der Waals surface area contributed by atoms with E-state index in [0.717, 1.165) is 11.6 Å². The number of aromatic amines is 1. The van der Waals surface area contributed by atoms with Gasteiger partial charge in [0.2, 0.25) is 0 Å². The van der Waals surface area contributed by atoms with E-state index in [1.54, 1.807) is 13.0 Å². The number of carbonyl (C=O) groups excluding carboxylic acids is 1. The molecule has 0 aliphatic rings. The molecule has 2 aromatic heterocycles. The van der Waals surface area contributed by atoms with Crippen molar-refractivity contribution in [1.29, 1.82) is 0 Å². The number of pyridine rings is 1. The monoisotopic (exact) mass is 403 g/mol. The molecule has 0 saturated heterocycles. The number of ether oxygens (including phenoxy) is 1. The van der Waals surface area contributed by atoms with Gasteiger partial charge >= 0.3 is 6.36 Å². The molecule has 0 bridgehead atoms. The van der Waals surface area contributed by atoms with Gasteiger partial charge in [-0.15, -0.1) is 13.2 Å². The van der Waals surface area contributed by atoms with Crippen molar-refractivity contribution in [3.8, 4) is 17.6 Å². The van der Waals surface area contributed by atoms with Crippen LogP contribution in [-0.4, -0.2) is 33.3 Å². The van der Waals surface area contributed by atoms with E-state index in [0.29, 0.717) is 5.52 Å². The molecule has 7 nitrogen and oxygen atoms in total. The normalized spacial score (nSPS) is 12.1. The van der Waals surface area contributed by atoms with Crippen molar-refractivity contribution in [3.63, 3.8) is 0 Å². The number of hydrogen-bond donors (Lipinski definition) is 3. The van der Waals surface area contributed by atoms with Gasteiger partial charge in [-0.05, 0) is 19.1 Å². The standard InChI is InChI=1S/C19H16F3N5O2/c1-11(25-18(28)17-26-13-7-2-3-8-14(13)27-17)5-4-6-12-9-15(16(23)24-10-12)29-19(20,21)22/h2-3,7-11H,5H2,1H3,(H2,23,24)(H,25,28)(H,26,27)/t11-/m0/s1. The Morgan fingerprint density at radius 3 is 2.86 bits per heavy atom. The minimum atomic E-state index is -4.88. The van der Waals surface area contributed by atoms with Crippen LogP contribution in [0.2, 0.25) is 0 Å². The lowest BCUT2D eigenvalue weighted by Crippen LogP contribution is -2.32. The Kier molecular flexibility index (Phi) is 5.59. The predicted octanol–water partition coefficient (Wildman–Crippen LogP) is 3.00. The van der Waals surface area contributed by atoms with E-state index in [9.17, 15) is 18.0 Å². The summed E-state index contributed by atoms with van der Waals surface area (Å²) in [4.78, 5) is 23.0. The van der Waals surface area contributed by atoms with Crippen LogP contribution < -0.4 is 15.8 Å². The highest BCUT2D eigenvalue weighted by Crippen LogP contribution is 2.27. The number of H-pyrrole nitrogens is 1. The van der Waals surface area contributed by atoms with Gasteiger partial charge in [-0.25, -0.2) is 9.97 Å². The fourth-order valence-corrected chi connectivity index (χ4v) is 2.44. The van der Waals surface area contributed by atoms with Gasteiger partial charge in [0.25, 0.3) is 5.91 Å². The molecule has 0 unspecified atom stereocenters. The molecule has 3 aromatic rings. The summed E-state index contributed by atoms with van der Waals surface area (Å²) < 4.78 is 40.9. The molecular formula is C19H16F3N5O2. The van der Waals surface area contributed by atoms with Gasteiger partial charge in [0.05, 0.1) is 11.0 Å². The molecule has 0 aliphatic heterocycles. The molecule has 1 aromatic carbocycles. The van der Waals surface area contributed by atoms with Gasteiger partial charge < -0.3 is 20.8 Å². The zero-order chi connectivity index (χ0) is 21.0. The van der Waals surface area contributed by atoms with E-state index < -0.39 is 12.1 Å². The second-order valence-electron chi connectivity index (χ2n) is 6.14. The second-order valence-corrected chi connectivity index (χ2v) is 6.14. The number of amides is 1. The third-order valence-corrected chi connectivity index (χ3v) is 3.73. The maximum absolute atomic E-state index is 12.4. The zero-order valence-electron chi connectivity index (χ0n) is 15.2.